The molecular weight excluding hydrogens is 236 g/mol. The van der Waals surface area contributed by atoms with Crippen LogP contribution < -0.4 is 10.6 Å². The van der Waals surface area contributed by atoms with Crippen molar-refractivity contribution in [2.24, 2.45) is 5.92 Å². The second kappa shape index (κ2) is 6.37. The summed E-state index contributed by atoms with van der Waals surface area (Å²) in [6.07, 6.45) is 1.57. The highest BCUT2D eigenvalue weighted by Crippen LogP contribution is 2.12. The van der Waals surface area contributed by atoms with E-state index in [0.29, 0.717) is 12.8 Å². The van der Waals surface area contributed by atoms with E-state index in [1.807, 2.05) is 13.8 Å². The molecule has 1 aliphatic heterocycles. The molecule has 0 aromatic rings. The van der Waals surface area contributed by atoms with Gasteiger partial charge >= 0.3 is 5.97 Å². The highest BCUT2D eigenvalue weighted by Gasteiger charge is 2.32. The van der Waals surface area contributed by atoms with Crippen LogP contribution in [0, 0.1) is 5.92 Å². The van der Waals surface area contributed by atoms with Gasteiger partial charge in [0.15, 0.2) is 0 Å². The van der Waals surface area contributed by atoms with Crippen LogP contribution in [0.4, 0.5) is 0 Å². The van der Waals surface area contributed by atoms with E-state index in [4.69, 9.17) is 0 Å². The maximum absolute atomic E-state index is 11.9. The minimum atomic E-state index is -0.662. The zero-order valence-electron chi connectivity index (χ0n) is 11.0. The molecule has 0 aromatic carbocycles. The molecule has 2 amide bonds. The van der Waals surface area contributed by atoms with Gasteiger partial charge in [-0.1, -0.05) is 20.3 Å². The lowest BCUT2D eigenvalue weighted by molar-refractivity contribution is -0.146. The highest BCUT2D eigenvalue weighted by molar-refractivity contribution is 5.93. The topological polar surface area (TPSA) is 84.5 Å². The number of rotatable bonds is 5. The van der Waals surface area contributed by atoms with Crippen LogP contribution in [0.15, 0.2) is 0 Å². The van der Waals surface area contributed by atoms with Crippen molar-refractivity contribution in [3.8, 4) is 0 Å². The molecule has 0 spiro atoms. The molecule has 6 nitrogen and oxygen atoms in total. The number of ether oxygens (including phenoxy) is 1. The van der Waals surface area contributed by atoms with Crippen LogP contribution in [-0.4, -0.2) is 37.0 Å². The molecule has 1 rings (SSSR count). The number of hydrogen-bond acceptors (Lipinski definition) is 4. The van der Waals surface area contributed by atoms with Crippen molar-refractivity contribution in [1.29, 1.82) is 0 Å². The van der Waals surface area contributed by atoms with E-state index in [0.717, 1.165) is 6.42 Å². The predicted octanol–water partition coefficient (Wildman–Crippen LogP) is -0.0311. The zero-order valence-corrected chi connectivity index (χ0v) is 11.0. The Labute approximate surface area is 106 Å². The smallest absolute Gasteiger partial charge is 0.328 e. The average Bonchev–Trinajstić information content (AvgIpc) is 2.80. The van der Waals surface area contributed by atoms with Crippen LogP contribution in [0.5, 0.6) is 0 Å². The van der Waals surface area contributed by atoms with Gasteiger partial charge in [0.05, 0.1) is 7.11 Å². The van der Waals surface area contributed by atoms with Gasteiger partial charge in [0, 0.05) is 6.42 Å². The van der Waals surface area contributed by atoms with Gasteiger partial charge in [-0.3, -0.25) is 9.59 Å². The summed E-state index contributed by atoms with van der Waals surface area (Å²) in [4.78, 5) is 34.6. The molecule has 6 heteroatoms. The minimum absolute atomic E-state index is 0.0153. The Morgan fingerprint density at radius 1 is 1.56 bits per heavy atom. The van der Waals surface area contributed by atoms with Crippen molar-refractivity contribution < 1.29 is 19.1 Å². The second-order valence-electron chi connectivity index (χ2n) is 4.55. The fraction of sp³-hybridized carbons (Fsp3) is 0.750. The van der Waals surface area contributed by atoms with Gasteiger partial charge in [0.25, 0.3) is 0 Å². The molecule has 102 valence electrons. The maximum Gasteiger partial charge on any atom is 0.328 e. The number of methoxy groups -OCH3 is 1. The maximum atomic E-state index is 11.9. The van der Waals surface area contributed by atoms with Gasteiger partial charge < -0.3 is 15.4 Å². The Kier molecular flexibility index (Phi) is 5.12. The highest BCUT2D eigenvalue weighted by atomic mass is 16.5. The normalized spacial score (nSPS) is 21.9. The molecule has 1 fully saturated rings. The largest absolute Gasteiger partial charge is 0.467 e. The van der Waals surface area contributed by atoms with E-state index in [2.05, 4.69) is 15.4 Å². The van der Waals surface area contributed by atoms with Crippen molar-refractivity contribution in [1.82, 2.24) is 10.6 Å². The summed E-state index contributed by atoms with van der Waals surface area (Å²) in [6.45, 7) is 3.80. The molecule has 0 unspecified atom stereocenters. The predicted molar refractivity (Wildman–Crippen MR) is 64.6 cm³/mol. The molecule has 0 aliphatic carbocycles. The molecule has 18 heavy (non-hydrogen) atoms. The molecule has 0 aromatic heterocycles. The fourth-order valence-corrected chi connectivity index (χ4v) is 1.86. The first-order valence-corrected chi connectivity index (χ1v) is 6.17. The summed E-state index contributed by atoms with van der Waals surface area (Å²) in [6, 6.07) is -1.20. The van der Waals surface area contributed by atoms with Gasteiger partial charge in [-0.05, 0) is 12.3 Å². The van der Waals surface area contributed by atoms with Gasteiger partial charge in [0.2, 0.25) is 11.8 Å². The first-order valence-electron chi connectivity index (χ1n) is 6.17. The summed E-state index contributed by atoms with van der Waals surface area (Å²) in [5.41, 5.74) is 0. The summed E-state index contributed by atoms with van der Waals surface area (Å²) in [7, 11) is 1.29. The number of carbonyl (C=O) groups is 3. The molecule has 0 radical (unpaired) electrons. The molecule has 0 saturated carbocycles. The van der Waals surface area contributed by atoms with E-state index >= 15 is 0 Å². The Bertz CT molecular complexity index is 343. The number of esters is 1. The fourth-order valence-electron chi connectivity index (χ4n) is 1.86. The van der Waals surface area contributed by atoms with Gasteiger partial charge in [0.1, 0.15) is 12.1 Å². The van der Waals surface area contributed by atoms with Gasteiger partial charge in [-0.15, -0.1) is 0 Å². The van der Waals surface area contributed by atoms with Crippen molar-refractivity contribution in [3.63, 3.8) is 0 Å². The van der Waals surface area contributed by atoms with Gasteiger partial charge in [-0.25, -0.2) is 4.79 Å². The second-order valence-corrected chi connectivity index (χ2v) is 4.55. The number of amides is 2. The molecule has 2 N–H and O–H groups in total. The van der Waals surface area contributed by atoms with Crippen LogP contribution in [0.2, 0.25) is 0 Å². The SMILES string of the molecule is CC[C@@H](C)[C@@H](NC(=O)[C@@H]1CCC(=O)N1)C(=O)OC. The van der Waals surface area contributed by atoms with Crippen molar-refractivity contribution in [2.75, 3.05) is 7.11 Å². The van der Waals surface area contributed by atoms with Crippen LogP contribution in [-0.2, 0) is 19.1 Å². The average molecular weight is 256 g/mol. The quantitative estimate of drug-likeness (QED) is 0.676. The molecular formula is C12H20N2O4. The molecule has 1 saturated heterocycles. The standard InChI is InChI=1S/C12H20N2O4/c1-4-7(2)10(12(17)18-3)14-11(16)8-5-6-9(15)13-8/h7-8,10H,4-6H2,1-3H3,(H,13,15)(H,14,16)/t7-,8+,10-/m1/s1. The third kappa shape index (κ3) is 3.45. The number of hydrogen-bond donors (Lipinski definition) is 2. The monoisotopic (exact) mass is 256 g/mol. The lowest BCUT2D eigenvalue weighted by Gasteiger charge is -2.23. The van der Waals surface area contributed by atoms with E-state index in [1.165, 1.54) is 7.11 Å². The number of nitrogens with one attached hydrogen (secondary N) is 2. The molecule has 0 bridgehead atoms. The lowest BCUT2D eigenvalue weighted by atomic mass is 9.99. The van der Waals surface area contributed by atoms with Crippen molar-refractivity contribution in [3.05, 3.63) is 0 Å². The van der Waals surface area contributed by atoms with Crippen molar-refractivity contribution in [2.45, 2.75) is 45.2 Å². The summed E-state index contributed by atoms with van der Waals surface area (Å²) in [5.74, 6) is -0.926. The van der Waals surface area contributed by atoms with Gasteiger partial charge in [-0.2, -0.15) is 0 Å². The Morgan fingerprint density at radius 2 is 2.22 bits per heavy atom. The molecule has 3 atom stereocenters. The Balaban J connectivity index is 2.62. The number of carbonyl (C=O) groups excluding carboxylic acids is 3. The minimum Gasteiger partial charge on any atom is -0.467 e. The summed E-state index contributed by atoms with van der Waals surface area (Å²) in [5, 5.41) is 5.22. The summed E-state index contributed by atoms with van der Waals surface area (Å²) >= 11 is 0. The van der Waals surface area contributed by atoms with Crippen LogP contribution in [0.3, 0.4) is 0 Å². The summed E-state index contributed by atoms with van der Waals surface area (Å²) < 4.78 is 4.68. The first-order chi connectivity index (χ1) is 8.49. The van der Waals surface area contributed by atoms with Crippen LogP contribution >= 0.6 is 0 Å². The third-order valence-corrected chi connectivity index (χ3v) is 3.28. The molecule has 1 aliphatic rings. The van der Waals surface area contributed by atoms with Crippen LogP contribution in [0.1, 0.15) is 33.1 Å². The Morgan fingerprint density at radius 3 is 2.67 bits per heavy atom. The van der Waals surface area contributed by atoms with E-state index < -0.39 is 18.1 Å². The van der Waals surface area contributed by atoms with E-state index in [-0.39, 0.29) is 17.7 Å². The van der Waals surface area contributed by atoms with Crippen LogP contribution in [0.25, 0.3) is 0 Å². The lowest BCUT2D eigenvalue weighted by Crippen LogP contribution is -2.51. The zero-order chi connectivity index (χ0) is 13.7. The first kappa shape index (κ1) is 14.5. The van der Waals surface area contributed by atoms with E-state index in [9.17, 15) is 14.4 Å². The Hall–Kier alpha value is -1.59. The van der Waals surface area contributed by atoms with Crippen molar-refractivity contribution >= 4 is 17.8 Å². The third-order valence-electron chi connectivity index (χ3n) is 3.28. The molecule has 1 heterocycles. The van der Waals surface area contributed by atoms with E-state index in [1.54, 1.807) is 0 Å².